The van der Waals surface area contributed by atoms with Crippen LogP contribution in [-0.4, -0.2) is 29.8 Å². The number of nitrogens with one attached hydrogen (secondary N) is 1. The maximum atomic E-state index is 11.9. The van der Waals surface area contributed by atoms with Crippen molar-refractivity contribution < 1.29 is 19.4 Å². The van der Waals surface area contributed by atoms with E-state index in [4.69, 9.17) is 44.6 Å². The van der Waals surface area contributed by atoms with Crippen LogP contribution >= 0.6 is 34.8 Å². The number of benzene rings is 2. The Bertz CT molecular complexity index is 840. The molecule has 0 bridgehead atoms. The lowest BCUT2D eigenvalue weighted by molar-refractivity contribution is -0.139. The third-order valence-electron chi connectivity index (χ3n) is 2.87. The van der Waals surface area contributed by atoms with Crippen LogP contribution in [0, 0.1) is 0 Å². The molecule has 0 heterocycles. The highest BCUT2D eigenvalue weighted by atomic mass is 35.5. The fourth-order valence-electron chi connectivity index (χ4n) is 1.72. The molecule has 9 heteroatoms. The maximum absolute atomic E-state index is 11.9. The first-order valence-electron chi connectivity index (χ1n) is 6.79. The lowest BCUT2D eigenvalue weighted by Gasteiger charge is -2.06. The highest BCUT2D eigenvalue weighted by Gasteiger charge is 2.07. The third kappa shape index (κ3) is 5.63. The summed E-state index contributed by atoms with van der Waals surface area (Å²) in [4.78, 5) is 22.4. The number of rotatable bonds is 6. The smallest absolute Gasteiger partial charge is 0.341 e. The molecule has 0 saturated heterocycles. The number of hydrazone groups is 1. The Balaban J connectivity index is 1.99. The first-order chi connectivity index (χ1) is 11.9. The molecule has 0 unspecified atom stereocenters. The summed E-state index contributed by atoms with van der Waals surface area (Å²) in [7, 11) is 0. The predicted molar refractivity (Wildman–Crippen MR) is 96.1 cm³/mol. The molecule has 2 aromatic rings. The van der Waals surface area contributed by atoms with Gasteiger partial charge in [-0.1, -0.05) is 34.8 Å². The Hall–Kier alpha value is -2.28. The first-order valence-corrected chi connectivity index (χ1v) is 7.93. The molecular formula is C16H11Cl3N2O4. The van der Waals surface area contributed by atoms with Crippen LogP contribution < -0.4 is 10.2 Å². The highest BCUT2D eigenvalue weighted by molar-refractivity contribution is 6.42. The van der Waals surface area contributed by atoms with Crippen LogP contribution in [0.25, 0.3) is 0 Å². The molecule has 25 heavy (non-hydrogen) atoms. The zero-order valence-electron chi connectivity index (χ0n) is 12.5. The second-order valence-corrected chi connectivity index (χ2v) is 5.92. The number of ether oxygens (including phenoxy) is 1. The molecule has 2 N–H and O–H groups in total. The second-order valence-electron chi connectivity index (χ2n) is 4.70. The molecule has 130 valence electrons. The maximum Gasteiger partial charge on any atom is 0.341 e. The van der Waals surface area contributed by atoms with Crippen molar-refractivity contribution in [3.63, 3.8) is 0 Å². The van der Waals surface area contributed by atoms with Crippen LogP contribution in [0.5, 0.6) is 5.75 Å². The van der Waals surface area contributed by atoms with Crippen LogP contribution in [0.4, 0.5) is 0 Å². The Kier molecular flexibility index (Phi) is 6.64. The van der Waals surface area contributed by atoms with Gasteiger partial charge in [-0.05, 0) is 42.0 Å². The topological polar surface area (TPSA) is 88.0 Å². The normalized spacial score (nSPS) is 10.7. The molecule has 0 spiro atoms. The van der Waals surface area contributed by atoms with Crippen LogP contribution in [0.2, 0.25) is 15.1 Å². The number of carboxylic acids is 1. The molecule has 2 rings (SSSR count). The average molecular weight is 402 g/mol. The number of hydrogen-bond donors (Lipinski definition) is 2. The lowest BCUT2D eigenvalue weighted by atomic mass is 10.2. The minimum Gasteiger partial charge on any atom is -0.480 e. The predicted octanol–water partition coefficient (Wildman–Crippen LogP) is 3.87. The zero-order chi connectivity index (χ0) is 18.4. The van der Waals surface area contributed by atoms with Gasteiger partial charge in [0, 0.05) is 5.56 Å². The molecule has 0 aliphatic heterocycles. The lowest BCUT2D eigenvalue weighted by Crippen LogP contribution is -2.17. The molecule has 2 aromatic carbocycles. The van der Waals surface area contributed by atoms with Crippen molar-refractivity contribution in [3.8, 4) is 5.75 Å². The van der Waals surface area contributed by atoms with E-state index in [1.165, 1.54) is 36.5 Å². The molecule has 0 radical (unpaired) electrons. The van der Waals surface area contributed by atoms with Crippen molar-refractivity contribution in [1.29, 1.82) is 0 Å². The summed E-state index contributed by atoms with van der Waals surface area (Å²) in [6, 6.07) is 9.10. The van der Waals surface area contributed by atoms with Crippen molar-refractivity contribution in [2.24, 2.45) is 5.10 Å². The molecule has 0 saturated carbocycles. The van der Waals surface area contributed by atoms with Gasteiger partial charge in [-0.2, -0.15) is 5.10 Å². The molecule has 0 atom stereocenters. The standard InChI is InChI=1S/C16H11Cl3N2O4/c17-11-3-2-10(6-12(11)18)16(24)21-20-7-9-1-4-14(13(19)5-9)25-8-15(22)23/h1-7H,8H2,(H,21,24)(H,22,23)/b20-7-. The first kappa shape index (κ1) is 19.1. The molecule has 1 amide bonds. The van der Waals surface area contributed by atoms with Gasteiger partial charge in [0.15, 0.2) is 6.61 Å². The Morgan fingerprint density at radius 2 is 1.84 bits per heavy atom. The van der Waals surface area contributed by atoms with Gasteiger partial charge in [-0.15, -0.1) is 0 Å². The summed E-state index contributed by atoms with van der Waals surface area (Å²) in [6.45, 7) is -0.493. The quantitative estimate of drug-likeness (QED) is 0.568. The summed E-state index contributed by atoms with van der Waals surface area (Å²) in [6.07, 6.45) is 1.38. The fraction of sp³-hybridized carbons (Fsp3) is 0.0625. The van der Waals surface area contributed by atoms with E-state index >= 15 is 0 Å². The second kappa shape index (κ2) is 8.71. The van der Waals surface area contributed by atoms with Gasteiger partial charge < -0.3 is 9.84 Å². The van der Waals surface area contributed by atoms with Crippen LogP contribution in [-0.2, 0) is 4.79 Å². The van der Waals surface area contributed by atoms with Gasteiger partial charge in [0.1, 0.15) is 5.75 Å². The van der Waals surface area contributed by atoms with Crippen molar-refractivity contribution in [1.82, 2.24) is 5.43 Å². The highest BCUT2D eigenvalue weighted by Crippen LogP contribution is 2.25. The minimum atomic E-state index is -1.10. The Morgan fingerprint density at radius 1 is 1.08 bits per heavy atom. The average Bonchev–Trinajstić information content (AvgIpc) is 2.56. The van der Waals surface area contributed by atoms with Crippen molar-refractivity contribution in [2.75, 3.05) is 6.61 Å². The molecule has 0 aromatic heterocycles. The van der Waals surface area contributed by atoms with E-state index in [1.54, 1.807) is 6.07 Å². The van der Waals surface area contributed by atoms with E-state index in [0.29, 0.717) is 16.1 Å². The summed E-state index contributed by atoms with van der Waals surface area (Å²) in [5.74, 6) is -1.32. The molecule has 6 nitrogen and oxygen atoms in total. The van der Waals surface area contributed by atoms with Gasteiger partial charge in [-0.3, -0.25) is 4.79 Å². The van der Waals surface area contributed by atoms with Crippen molar-refractivity contribution in [3.05, 3.63) is 62.6 Å². The largest absolute Gasteiger partial charge is 0.480 e. The van der Waals surface area contributed by atoms with Gasteiger partial charge >= 0.3 is 5.97 Å². The summed E-state index contributed by atoms with van der Waals surface area (Å²) in [5.41, 5.74) is 3.24. The van der Waals surface area contributed by atoms with E-state index in [9.17, 15) is 9.59 Å². The Morgan fingerprint density at radius 3 is 2.48 bits per heavy atom. The number of aliphatic carboxylic acids is 1. The van der Waals surface area contributed by atoms with Crippen LogP contribution in [0.1, 0.15) is 15.9 Å². The number of halogens is 3. The van der Waals surface area contributed by atoms with E-state index < -0.39 is 18.5 Å². The SMILES string of the molecule is O=C(O)COc1ccc(/C=N\NC(=O)c2ccc(Cl)c(Cl)c2)cc1Cl. The van der Waals surface area contributed by atoms with E-state index in [2.05, 4.69) is 10.5 Å². The number of amides is 1. The minimum absolute atomic E-state index is 0.223. The molecule has 0 aliphatic carbocycles. The van der Waals surface area contributed by atoms with Crippen LogP contribution in [0.3, 0.4) is 0 Å². The number of carbonyl (C=O) groups is 2. The van der Waals surface area contributed by atoms with Crippen molar-refractivity contribution >= 4 is 52.9 Å². The summed E-state index contributed by atoms with van der Waals surface area (Å²) < 4.78 is 5.01. The van der Waals surface area contributed by atoms with Gasteiger partial charge in [0.2, 0.25) is 0 Å². The van der Waals surface area contributed by atoms with Crippen molar-refractivity contribution in [2.45, 2.75) is 0 Å². The number of nitrogens with zero attached hydrogens (tertiary/aromatic N) is 1. The van der Waals surface area contributed by atoms with Crippen LogP contribution in [0.15, 0.2) is 41.5 Å². The third-order valence-corrected chi connectivity index (χ3v) is 3.90. The number of carbonyl (C=O) groups excluding carboxylic acids is 1. The number of carboxylic acid groups (broad SMARTS) is 1. The fourth-order valence-corrected chi connectivity index (χ4v) is 2.26. The van der Waals surface area contributed by atoms with E-state index in [-0.39, 0.29) is 15.8 Å². The van der Waals surface area contributed by atoms with E-state index in [1.807, 2.05) is 0 Å². The zero-order valence-corrected chi connectivity index (χ0v) is 14.8. The molecule has 0 fully saturated rings. The van der Waals surface area contributed by atoms with Gasteiger partial charge in [-0.25, -0.2) is 10.2 Å². The molecular weight excluding hydrogens is 391 g/mol. The molecule has 0 aliphatic rings. The summed E-state index contributed by atoms with van der Waals surface area (Å²) in [5, 5.41) is 13.2. The Labute approximate surface area is 158 Å². The van der Waals surface area contributed by atoms with Gasteiger partial charge in [0.05, 0.1) is 21.3 Å². The number of hydrogen-bond acceptors (Lipinski definition) is 4. The van der Waals surface area contributed by atoms with Gasteiger partial charge in [0.25, 0.3) is 5.91 Å². The summed E-state index contributed by atoms with van der Waals surface area (Å²) >= 11 is 17.6. The monoisotopic (exact) mass is 400 g/mol. The van der Waals surface area contributed by atoms with E-state index in [0.717, 1.165) is 0 Å².